The Labute approximate surface area is 150 Å². The number of hydrogen-bond acceptors (Lipinski definition) is 5. The first-order chi connectivity index (χ1) is 12.2. The van der Waals surface area contributed by atoms with E-state index in [1.807, 2.05) is 37.3 Å². The quantitative estimate of drug-likeness (QED) is 0.655. The molecule has 3 aromatic rings. The van der Waals surface area contributed by atoms with E-state index >= 15 is 0 Å². The number of aryl methyl sites for hydroxylation is 1. The van der Waals surface area contributed by atoms with Crippen molar-refractivity contribution in [3.05, 3.63) is 52.3 Å². The highest BCUT2D eigenvalue weighted by Gasteiger charge is 2.14. The number of H-pyrrole nitrogens is 1. The van der Waals surface area contributed by atoms with Gasteiger partial charge in [0.2, 0.25) is 0 Å². The Morgan fingerprint density at radius 1 is 1.24 bits per heavy atom. The summed E-state index contributed by atoms with van der Waals surface area (Å²) >= 11 is 1.15. The van der Waals surface area contributed by atoms with Gasteiger partial charge < -0.3 is 9.72 Å². The number of rotatable bonds is 6. The molecule has 130 valence electrons. The molecule has 0 atom stereocenters. The van der Waals surface area contributed by atoms with Gasteiger partial charge in [0.1, 0.15) is 11.6 Å². The Morgan fingerprint density at radius 3 is 2.80 bits per heavy atom. The van der Waals surface area contributed by atoms with Crippen LogP contribution in [0.5, 0.6) is 5.75 Å². The van der Waals surface area contributed by atoms with Crippen molar-refractivity contribution >= 4 is 22.9 Å². The minimum absolute atomic E-state index is 0.147. The Hall–Kier alpha value is -2.31. The van der Waals surface area contributed by atoms with Gasteiger partial charge in [0.05, 0.1) is 23.1 Å². The zero-order valence-corrected chi connectivity index (χ0v) is 15.2. The van der Waals surface area contributed by atoms with E-state index in [4.69, 9.17) is 14.9 Å². The molecule has 0 radical (unpaired) electrons. The van der Waals surface area contributed by atoms with Crippen LogP contribution in [0.3, 0.4) is 0 Å². The first-order valence-electron chi connectivity index (χ1n) is 8.33. The summed E-state index contributed by atoms with van der Waals surface area (Å²) in [5, 5.41) is 6.30. The summed E-state index contributed by atoms with van der Waals surface area (Å²) in [4.78, 5) is 21.1. The fourth-order valence-corrected chi connectivity index (χ4v) is 3.20. The van der Waals surface area contributed by atoms with Crippen LogP contribution >= 0.6 is 11.9 Å². The van der Waals surface area contributed by atoms with Crippen LogP contribution in [-0.2, 0) is 6.42 Å². The minimum Gasteiger partial charge on any atom is -0.493 e. The average Bonchev–Trinajstić information content (AvgIpc) is 2.63. The van der Waals surface area contributed by atoms with E-state index in [0.717, 1.165) is 46.3 Å². The number of nitrogens with zero attached hydrogens (tertiary/aromatic N) is 1. The normalized spacial score (nSPS) is 11.0. The van der Waals surface area contributed by atoms with Crippen LogP contribution < -0.4 is 15.4 Å². The standard InChI is InChI=1S/C19H21N3O2S/c1-3-6-12-7-5-8-14-17(12)21-18(22-19(14)23)15-11-13(25-20)9-10-16(15)24-4-2/h5,7-11H,3-4,6,20H2,1-2H3,(H,21,22,23). The number of nitrogens with one attached hydrogen (secondary N) is 1. The highest BCUT2D eigenvalue weighted by molar-refractivity contribution is 7.97. The SMILES string of the molecule is CCCc1cccc2c(=O)[nH]c(-c3cc(SN)ccc3OCC)nc12. The molecule has 3 rings (SSSR count). The van der Waals surface area contributed by atoms with Crippen molar-refractivity contribution in [1.29, 1.82) is 0 Å². The molecule has 0 spiro atoms. The van der Waals surface area contributed by atoms with Gasteiger partial charge in [-0.3, -0.25) is 9.93 Å². The Morgan fingerprint density at radius 2 is 2.08 bits per heavy atom. The number of benzene rings is 2. The highest BCUT2D eigenvalue weighted by atomic mass is 32.2. The van der Waals surface area contributed by atoms with E-state index in [-0.39, 0.29) is 5.56 Å². The molecule has 5 nitrogen and oxygen atoms in total. The number of aromatic amines is 1. The maximum atomic E-state index is 12.6. The number of fused-ring (bicyclic) bond motifs is 1. The molecule has 1 aromatic heterocycles. The van der Waals surface area contributed by atoms with Crippen LogP contribution in [0.2, 0.25) is 0 Å². The fourth-order valence-electron chi connectivity index (χ4n) is 2.87. The van der Waals surface area contributed by atoms with Gasteiger partial charge in [-0.15, -0.1) is 0 Å². The summed E-state index contributed by atoms with van der Waals surface area (Å²) in [5.41, 5.74) is 2.42. The molecule has 0 fully saturated rings. The second-order valence-electron chi connectivity index (χ2n) is 5.69. The maximum Gasteiger partial charge on any atom is 0.259 e. The van der Waals surface area contributed by atoms with Crippen molar-refractivity contribution in [3.63, 3.8) is 0 Å². The number of ether oxygens (including phenoxy) is 1. The van der Waals surface area contributed by atoms with E-state index in [2.05, 4.69) is 11.9 Å². The minimum atomic E-state index is -0.147. The van der Waals surface area contributed by atoms with E-state index in [1.165, 1.54) is 0 Å². The molecule has 6 heteroatoms. The van der Waals surface area contributed by atoms with Gasteiger partial charge in [0.15, 0.2) is 0 Å². The first kappa shape index (κ1) is 17.5. The second-order valence-corrected chi connectivity index (χ2v) is 6.39. The number of aromatic nitrogens is 2. The van der Waals surface area contributed by atoms with E-state index in [1.54, 1.807) is 6.07 Å². The van der Waals surface area contributed by atoms with Gasteiger partial charge in [-0.05, 0) is 55.1 Å². The number of para-hydroxylation sites is 1. The van der Waals surface area contributed by atoms with Crippen molar-refractivity contribution in [2.24, 2.45) is 5.14 Å². The van der Waals surface area contributed by atoms with Crippen molar-refractivity contribution in [1.82, 2.24) is 9.97 Å². The van der Waals surface area contributed by atoms with Crippen molar-refractivity contribution in [2.45, 2.75) is 31.6 Å². The molecule has 0 unspecified atom stereocenters. The summed E-state index contributed by atoms with van der Waals surface area (Å²) in [6.45, 7) is 4.56. The first-order valence-corrected chi connectivity index (χ1v) is 9.21. The topological polar surface area (TPSA) is 81.0 Å². The Kier molecular flexibility index (Phi) is 5.40. The molecule has 0 aliphatic heterocycles. The monoisotopic (exact) mass is 355 g/mol. The second kappa shape index (κ2) is 7.72. The predicted octanol–water partition coefficient (Wildman–Crippen LogP) is 3.91. The largest absolute Gasteiger partial charge is 0.493 e. The van der Waals surface area contributed by atoms with Crippen LogP contribution in [0.15, 0.2) is 46.1 Å². The van der Waals surface area contributed by atoms with Crippen molar-refractivity contribution in [3.8, 4) is 17.1 Å². The fraction of sp³-hybridized carbons (Fsp3) is 0.263. The summed E-state index contributed by atoms with van der Waals surface area (Å²) in [6.07, 6.45) is 1.87. The summed E-state index contributed by atoms with van der Waals surface area (Å²) < 4.78 is 5.71. The molecule has 0 aliphatic rings. The van der Waals surface area contributed by atoms with Crippen LogP contribution in [0, 0.1) is 0 Å². The lowest BCUT2D eigenvalue weighted by Gasteiger charge is -2.12. The van der Waals surface area contributed by atoms with Crippen LogP contribution in [-0.4, -0.2) is 16.6 Å². The predicted molar refractivity (Wildman–Crippen MR) is 103 cm³/mol. The average molecular weight is 355 g/mol. The summed E-state index contributed by atoms with van der Waals surface area (Å²) in [7, 11) is 0. The van der Waals surface area contributed by atoms with Gasteiger partial charge in [0.25, 0.3) is 5.56 Å². The molecule has 0 aliphatic carbocycles. The van der Waals surface area contributed by atoms with E-state index in [9.17, 15) is 4.79 Å². The van der Waals surface area contributed by atoms with Crippen molar-refractivity contribution in [2.75, 3.05) is 6.61 Å². The van der Waals surface area contributed by atoms with Gasteiger partial charge >= 0.3 is 0 Å². The molecule has 3 N–H and O–H groups in total. The molecule has 1 heterocycles. The van der Waals surface area contributed by atoms with Crippen LogP contribution in [0.1, 0.15) is 25.8 Å². The number of hydrogen-bond donors (Lipinski definition) is 2. The zero-order chi connectivity index (χ0) is 17.8. The van der Waals surface area contributed by atoms with Crippen LogP contribution in [0.4, 0.5) is 0 Å². The van der Waals surface area contributed by atoms with Crippen molar-refractivity contribution < 1.29 is 4.74 Å². The summed E-state index contributed by atoms with van der Waals surface area (Å²) in [6, 6.07) is 11.4. The lowest BCUT2D eigenvalue weighted by molar-refractivity contribution is 0.341. The third-order valence-electron chi connectivity index (χ3n) is 3.98. The van der Waals surface area contributed by atoms with E-state index in [0.29, 0.717) is 23.6 Å². The molecule has 0 saturated heterocycles. The lowest BCUT2D eigenvalue weighted by atomic mass is 10.1. The molecule has 25 heavy (non-hydrogen) atoms. The summed E-state index contributed by atoms with van der Waals surface area (Å²) in [5.74, 6) is 1.18. The molecular weight excluding hydrogens is 334 g/mol. The Bertz CT molecular complexity index is 953. The lowest BCUT2D eigenvalue weighted by Crippen LogP contribution is -2.11. The van der Waals surface area contributed by atoms with Crippen LogP contribution in [0.25, 0.3) is 22.3 Å². The molecule has 2 aromatic carbocycles. The maximum absolute atomic E-state index is 12.6. The Balaban J connectivity index is 2.25. The smallest absolute Gasteiger partial charge is 0.259 e. The molecule has 0 saturated carbocycles. The van der Waals surface area contributed by atoms with Gasteiger partial charge in [-0.1, -0.05) is 25.5 Å². The van der Waals surface area contributed by atoms with Gasteiger partial charge in [-0.2, -0.15) is 0 Å². The van der Waals surface area contributed by atoms with Gasteiger partial charge in [-0.25, -0.2) is 4.98 Å². The zero-order valence-electron chi connectivity index (χ0n) is 14.3. The molecular formula is C19H21N3O2S. The number of nitrogens with two attached hydrogens (primary N) is 1. The van der Waals surface area contributed by atoms with Gasteiger partial charge in [0, 0.05) is 4.90 Å². The molecule has 0 bridgehead atoms. The molecule has 0 amide bonds. The highest BCUT2D eigenvalue weighted by Crippen LogP contribution is 2.31. The van der Waals surface area contributed by atoms with E-state index < -0.39 is 0 Å². The third kappa shape index (κ3) is 3.55. The third-order valence-corrected chi connectivity index (χ3v) is 4.51.